The second kappa shape index (κ2) is 6.48. The van der Waals surface area contributed by atoms with Crippen molar-refractivity contribution in [3.63, 3.8) is 0 Å². The van der Waals surface area contributed by atoms with Crippen molar-refractivity contribution in [2.75, 3.05) is 24.5 Å². The van der Waals surface area contributed by atoms with Gasteiger partial charge in [0, 0.05) is 44.3 Å². The number of piperidine rings is 1. The predicted octanol–water partition coefficient (Wildman–Crippen LogP) is 1.56. The number of rotatable bonds is 2. The molecule has 0 radical (unpaired) electrons. The van der Waals surface area contributed by atoms with E-state index in [2.05, 4.69) is 19.9 Å². The van der Waals surface area contributed by atoms with E-state index in [1.54, 1.807) is 18.5 Å². The van der Waals surface area contributed by atoms with E-state index in [1.807, 2.05) is 4.90 Å². The molecular weight excluding hydrogens is 342 g/mol. The maximum atomic E-state index is 13.0. The molecule has 5 heterocycles. The number of carbonyl (C=O) groups is 1. The largest absolute Gasteiger partial charge is 0.338 e. The molecule has 3 aliphatic heterocycles. The summed E-state index contributed by atoms with van der Waals surface area (Å²) in [6, 6.07) is 3.27. The minimum Gasteiger partial charge on any atom is -0.338 e. The molecule has 2 aromatic rings. The molecule has 8 heteroatoms. The van der Waals surface area contributed by atoms with Crippen LogP contribution in [0.2, 0.25) is 5.02 Å². The normalized spacial score (nSPS) is 22.8. The van der Waals surface area contributed by atoms with E-state index in [4.69, 9.17) is 11.6 Å². The van der Waals surface area contributed by atoms with Crippen LogP contribution in [-0.2, 0) is 0 Å². The van der Waals surface area contributed by atoms with Crippen molar-refractivity contribution < 1.29 is 4.79 Å². The quantitative estimate of drug-likeness (QED) is 0.879. The van der Waals surface area contributed by atoms with Crippen LogP contribution >= 0.6 is 11.6 Å². The van der Waals surface area contributed by atoms with Crippen LogP contribution in [0.25, 0.3) is 0 Å². The lowest BCUT2D eigenvalue weighted by molar-refractivity contribution is 0.0590. The number of aromatic amines is 1. The van der Waals surface area contributed by atoms with Gasteiger partial charge >= 0.3 is 0 Å². The first-order chi connectivity index (χ1) is 12.1. The van der Waals surface area contributed by atoms with E-state index in [0.29, 0.717) is 30.0 Å². The molecule has 3 aliphatic rings. The SMILES string of the molecule is O=C(c1cc(Cl)c[nH]c1=O)N1C[C@H]2CC[C@@H]1CN(c1ncccn1)C2. The van der Waals surface area contributed by atoms with Crippen molar-refractivity contribution in [3.05, 3.63) is 51.7 Å². The van der Waals surface area contributed by atoms with Crippen molar-refractivity contribution in [1.82, 2.24) is 19.9 Å². The fraction of sp³-hybridized carbons (Fsp3) is 0.412. The van der Waals surface area contributed by atoms with Gasteiger partial charge < -0.3 is 14.8 Å². The Balaban J connectivity index is 1.61. The number of anilines is 1. The van der Waals surface area contributed by atoms with Gasteiger partial charge in [-0.05, 0) is 30.9 Å². The molecule has 25 heavy (non-hydrogen) atoms. The van der Waals surface area contributed by atoms with E-state index in [0.717, 1.165) is 19.4 Å². The molecule has 0 saturated carbocycles. The number of H-pyrrole nitrogens is 1. The number of hydrogen-bond donors (Lipinski definition) is 1. The molecule has 0 unspecified atom stereocenters. The number of amides is 1. The molecule has 7 nitrogen and oxygen atoms in total. The zero-order valence-corrected chi connectivity index (χ0v) is 14.3. The molecule has 130 valence electrons. The van der Waals surface area contributed by atoms with Gasteiger partial charge in [-0.3, -0.25) is 9.59 Å². The number of fused-ring (bicyclic) bond motifs is 4. The third-order valence-electron chi connectivity index (χ3n) is 4.91. The Hall–Kier alpha value is -2.41. The number of aromatic nitrogens is 3. The summed E-state index contributed by atoms with van der Waals surface area (Å²) in [5.74, 6) is 0.772. The lowest BCUT2D eigenvalue weighted by atomic mass is 9.94. The van der Waals surface area contributed by atoms with E-state index in [1.165, 1.54) is 12.3 Å². The average Bonchev–Trinajstić information content (AvgIpc) is 2.96. The first kappa shape index (κ1) is 16.1. The summed E-state index contributed by atoms with van der Waals surface area (Å²) < 4.78 is 0. The Morgan fingerprint density at radius 3 is 2.80 bits per heavy atom. The van der Waals surface area contributed by atoms with E-state index in [-0.39, 0.29) is 17.5 Å². The Bertz CT molecular complexity index is 840. The summed E-state index contributed by atoms with van der Waals surface area (Å²) in [7, 11) is 0. The molecule has 0 aromatic carbocycles. The van der Waals surface area contributed by atoms with Crippen LogP contribution in [0.4, 0.5) is 5.95 Å². The van der Waals surface area contributed by atoms with E-state index < -0.39 is 5.56 Å². The second-order valence-electron chi connectivity index (χ2n) is 6.57. The van der Waals surface area contributed by atoms with Crippen LogP contribution in [0.15, 0.2) is 35.5 Å². The molecule has 1 N–H and O–H groups in total. The van der Waals surface area contributed by atoms with Crippen molar-refractivity contribution in [2.24, 2.45) is 5.92 Å². The van der Waals surface area contributed by atoms with Crippen molar-refractivity contribution in [3.8, 4) is 0 Å². The number of nitrogens with zero attached hydrogens (tertiary/aromatic N) is 4. The zero-order chi connectivity index (χ0) is 17.4. The first-order valence-electron chi connectivity index (χ1n) is 8.33. The van der Waals surface area contributed by atoms with Gasteiger partial charge in [0.2, 0.25) is 5.95 Å². The second-order valence-corrected chi connectivity index (χ2v) is 7.01. The summed E-state index contributed by atoms with van der Waals surface area (Å²) in [5, 5.41) is 0.349. The minimum atomic E-state index is -0.405. The van der Waals surface area contributed by atoms with E-state index in [9.17, 15) is 9.59 Å². The van der Waals surface area contributed by atoms with Gasteiger partial charge in [-0.25, -0.2) is 9.97 Å². The molecule has 2 aromatic heterocycles. The monoisotopic (exact) mass is 359 g/mol. The first-order valence-corrected chi connectivity index (χ1v) is 8.71. The molecule has 0 spiro atoms. The molecule has 0 aliphatic carbocycles. The summed E-state index contributed by atoms with van der Waals surface area (Å²) in [4.78, 5) is 40.1. The Morgan fingerprint density at radius 2 is 2.00 bits per heavy atom. The van der Waals surface area contributed by atoms with Gasteiger partial charge in [-0.1, -0.05) is 11.6 Å². The summed E-state index contributed by atoms with van der Waals surface area (Å²) in [6.07, 6.45) is 6.82. The Kier molecular flexibility index (Phi) is 4.17. The lowest BCUT2D eigenvalue weighted by Gasteiger charge is -2.35. The van der Waals surface area contributed by atoms with Crippen molar-refractivity contribution in [2.45, 2.75) is 18.9 Å². The highest BCUT2D eigenvalue weighted by atomic mass is 35.5. The highest BCUT2D eigenvalue weighted by molar-refractivity contribution is 6.30. The Labute approximate surface area is 149 Å². The van der Waals surface area contributed by atoms with Crippen molar-refractivity contribution >= 4 is 23.5 Å². The maximum absolute atomic E-state index is 13.0. The standard InChI is InChI=1S/C17H18ClN5O2/c18-12-6-14(15(24)21-7-12)16(25)23-9-11-2-3-13(23)10-22(8-11)17-19-4-1-5-20-17/h1,4-7,11,13H,2-3,8-10H2,(H,21,24)/t11-,13+/m0/s1. The molecule has 2 bridgehead atoms. The van der Waals surface area contributed by atoms with Crippen LogP contribution in [0.3, 0.4) is 0 Å². The van der Waals surface area contributed by atoms with Crippen LogP contribution in [-0.4, -0.2) is 51.4 Å². The lowest BCUT2D eigenvalue weighted by Crippen LogP contribution is -2.48. The third-order valence-corrected chi connectivity index (χ3v) is 5.13. The summed E-state index contributed by atoms with van der Waals surface area (Å²) in [5.41, 5.74) is -0.305. The molecular formula is C17H18ClN5O2. The van der Waals surface area contributed by atoms with Crippen LogP contribution in [0, 0.1) is 5.92 Å². The highest BCUT2D eigenvalue weighted by Crippen LogP contribution is 2.30. The van der Waals surface area contributed by atoms with Gasteiger partial charge in [-0.2, -0.15) is 0 Å². The number of halogens is 1. The highest BCUT2D eigenvalue weighted by Gasteiger charge is 2.38. The van der Waals surface area contributed by atoms with Crippen LogP contribution < -0.4 is 10.5 Å². The van der Waals surface area contributed by atoms with Gasteiger partial charge in [0.15, 0.2) is 0 Å². The number of pyridine rings is 1. The molecule has 5 rings (SSSR count). The summed E-state index contributed by atoms with van der Waals surface area (Å²) in [6.45, 7) is 2.12. The van der Waals surface area contributed by atoms with Crippen LogP contribution in [0.5, 0.6) is 0 Å². The molecule has 2 atom stereocenters. The molecule has 1 amide bonds. The van der Waals surface area contributed by atoms with Crippen LogP contribution in [0.1, 0.15) is 23.2 Å². The third kappa shape index (κ3) is 3.11. The zero-order valence-electron chi connectivity index (χ0n) is 13.6. The number of nitrogens with one attached hydrogen (secondary N) is 1. The Morgan fingerprint density at radius 1 is 1.20 bits per heavy atom. The number of hydrogen-bond acceptors (Lipinski definition) is 5. The van der Waals surface area contributed by atoms with Gasteiger partial charge in [0.25, 0.3) is 11.5 Å². The predicted molar refractivity (Wildman–Crippen MR) is 93.9 cm³/mol. The fourth-order valence-electron chi connectivity index (χ4n) is 3.72. The smallest absolute Gasteiger partial charge is 0.260 e. The van der Waals surface area contributed by atoms with Crippen molar-refractivity contribution in [1.29, 1.82) is 0 Å². The molecule has 3 fully saturated rings. The average molecular weight is 360 g/mol. The fourth-order valence-corrected chi connectivity index (χ4v) is 3.88. The van der Waals surface area contributed by atoms with E-state index >= 15 is 0 Å². The van der Waals surface area contributed by atoms with Gasteiger partial charge in [0.1, 0.15) is 5.56 Å². The van der Waals surface area contributed by atoms with Gasteiger partial charge in [-0.15, -0.1) is 0 Å². The summed E-state index contributed by atoms with van der Waals surface area (Å²) >= 11 is 5.95. The minimum absolute atomic E-state index is 0.0356. The topological polar surface area (TPSA) is 82.2 Å². The maximum Gasteiger partial charge on any atom is 0.260 e. The molecule has 3 saturated heterocycles. The van der Waals surface area contributed by atoms with Gasteiger partial charge in [0.05, 0.1) is 5.02 Å². The number of carbonyl (C=O) groups excluding carboxylic acids is 1.